The molecule has 0 bridgehead atoms. The van der Waals surface area contributed by atoms with Crippen LogP contribution in [0.2, 0.25) is 0 Å². The molecule has 0 radical (unpaired) electrons. The summed E-state index contributed by atoms with van der Waals surface area (Å²) in [5, 5.41) is 0. The summed E-state index contributed by atoms with van der Waals surface area (Å²) in [6.07, 6.45) is 6.87. The number of ether oxygens (including phenoxy) is 3. The van der Waals surface area contributed by atoms with Crippen molar-refractivity contribution in [3.8, 4) is 28.4 Å². The van der Waals surface area contributed by atoms with Gasteiger partial charge in [0.2, 0.25) is 0 Å². The first-order chi connectivity index (χ1) is 17.0. The molecule has 0 atom stereocenters. The van der Waals surface area contributed by atoms with Crippen LogP contribution in [-0.4, -0.2) is 19.2 Å². The van der Waals surface area contributed by atoms with Gasteiger partial charge < -0.3 is 14.2 Å². The number of esters is 1. The predicted molar refractivity (Wildman–Crippen MR) is 133 cm³/mol. The first-order valence-electron chi connectivity index (χ1n) is 12.2. The second kappa shape index (κ2) is 13.5. The van der Waals surface area contributed by atoms with Crippen LogP contribution in [0.5, 0.6) is 17.2 Å². The van der Waals surface area contributed by atoms with Gasteiger partial charge in [0.15, 0.2) is 23.1 Å². The molecule has 0 amide bonds. The third-order valence-electron chi connectivity index (χ3n) is 5.56. The van der Waals surface area contributed by atoms with Crippen molar-refractivity contribution >= 4 is 5.97 Å². The molecular formula is C29H32F2O4. The molecule has 186 valence electrons. The van der Waals surface area contributed by atoms with E-state index in [0.717, 1.165) is 24.5 Å². The summed E-state index contributed by atoms with van der Waals surface area (Å²) < 4.78 is 44.5. The van der Waals surface area contributed by atoms with Gasteiger partial charge in [-0.15, -0.1) is 0 Å². The molecule has 0 N–H and O–H groups in total. The molecule has 0 spiro atoms. The number of carbonyl (C=O) groups excluding carboxylic acids is 1. The van der Waals surface area contributed by atoms with E-state index in [9.17, 15) is 13.6 Å². The molecule has 35 heavy (non-hydrogen) atoms. The Morgan fingerprint density at radius 3 is 2.03 bits per heavy atom. The van der Waals surface area contributed by atoms with Crippen LogP contribution in [0.4, 0.5) is 8.78 Å². The summed E-state index contributed by atoms with van der Waals surface area (Å²) in [5.41, 5.74) is 1.71. The van der Waals surface area contributed by atoms with E-state index in [1.165, 1.54) is 43.9 Å². The highest BCUT2D eigenvalue weighted by atomic mass is 19.1. The molecule has 0 unspecified atom stereocenters. The molecule has 3 aromatic carbocycles. The lowest BCUT2D eigenvalue weighted by Gasteiger charge is -2.10. The average molecular weight is 483 g/mol. The van der Waals surface area contributed by atoms with Gasteiger partial charge in [-0.25, -0.2) is 13.6 Å². The van der Waals surface area contributed by atoms with Gasteiger partial charge in [0.1, 0.15) is 5.75 Å². The molecule has 3 rings (SSSR count). The lowest BCUT2D eigenvalue weighted by atomic mass is 10.0. The third-order valence-corrected chi connectivity index (χ3v) is 5.56. The molecule has 0 saturated heterocycles. The Kier molecular flexibility index (Phi) is 10.1. The van der Waals surface area contributed by atoms with E-state index in [-0.39, 0.29) is 17.2 Å². The standard InChI is InChI=1S/C29H32F2O4/c1-3-5-6-7-8-9-18-34-28-16-14-23(19-25(28)30)21-10-12-22(13-11-21)29(32)35-24-15-17-27(33-4-2)26(31)20-24/h10-17,19-20H,3-9,18H2,1-2H3. The van der Waals surface area contributed by atoms with Crippen LogP contribution in [0.25, 0.3) is 11.1 Å². The Labute approximate surface area is 205 Å². The van der Waals surface area contributed by atoms with Crippen molar-refractivity contribution in [1.82, 2.24) is 0 Å². The first kappa shape index (κ1) is 26.2. The Morgan fingerprint density at radius 1 is 0.714 bits per heavy atom. The summed E-state index contributed by atoms with van der Waals surface area (Å²) in [6, 6.07) is 15.4. The normalized spacial score (nSPS) is 10.7. The van der Waals surface area contributed by atoms with Crippen LogP contribution in [-0.2, 0) is 0 Å². The van der Waals surface area contributed by atoms with E-state index in [4.69, 9.17) is 14.2 Å². The highest BCUT2D eigenvalue weighted by Crippen LogP contribution is 2.27. The average Bonchev–Trinajstić information content (AvgIpc) is 2.86. The number of rotatable bonds is 13. The number of hydrogen-bond donors (Lipinski definition) is 0. The van der Waals surface area contributed by atoms with Crippen LogP contribution in [0.1, 0.15) is 62.7 Å². The summed E-state index contributed by atoms with van der Waals surface area (Å²) >= 11 is 0. The van der Waals surface area contributed by atoms with Crippen molar-refractivity contribution in [3.05, 3.63) is 77.9 Å². The fraction of sp³-hybridized carbons (Fsp3) is 0.345. The van der Waals surface area contributed by atoms with Gasteiger partial charge in [0, 0.05) is 6.07 Å². The summed E-state index contributed by atoms with van der Waals surface area (Å²) in [6.45, 7) is 4.77. The molecule has 0 aliphatic carbocycles. The van der Waals surface area contributed by atoms with Gasteiger partial charge in [-0.2, -0.15) is 0 Å². The summed E-state index contributed by atoms with van der Waals surface area (Å²) in [7, 11) is 0. The van der Waals surface area contributed by atoms with E-state index < -0.39 is 17.6 Å². The maximum absolute atomic E-state index is 14.5. The maximum Gasteiger partial charge on any atom is 0.343 e. The molecule has 0 fully saturated rings. The Hall–Kier alpha value is -3.41. The predicted octanol–water partition coefficient (Wildman–Crippen LogP) is 7.99. The second-order valence-electron chi connectivity index (χ2n) is 8.25. The molecule has 0 aromatic heterocycles. The molecule has 6 heteroatoms. The number of hydrogen-bond acceptors (Lipinski definition) is 4. The number of halogens is 2. The van der Waals surface area contributed by atoms with Crippen LogP contribution in [0, 0.1) is 11.6 Å². The smallest absolute Gasteiger partial charge is 0.343 e. The number of unbranched alkanes of at least 4 members (excludes halogenated alkanes) is 5. The Bertz CT molecular complexity index is 1100. The molecule has 3 aromatic rings. The van der Waals surface area contributed by atoms with Crippen molar-refractivity contribution < 1.29 is 27.8 Å². The minimum absolute atomic E-state index is 0.0821. The lowest BCUT2D eigenvalue weighted by molar-refractivity contribution is 0.0734. The van der Waals surface area contributed by atoms with Crippen LogP contribution in [0.3, 0.4) is 0 Å². The Morgan fingerprint density at radius 2 is 1.34 bits per heavy atom. The van der Waals surface area contributed by atoms with E-state index in [2.05, 4.69) is 6.92 Å². The maximum atomic E-state index is 14.5. The topological polar surface area (TPSA) is 44.8 Å². The van der Waals surface area contributed by atoms with Crippen molar-refractivity contribution in [2.75, 3.05) is 13.2 Å². The zero-order valence-electron chi connectivity index (χ0n) is 20.3. The highest BCUT2D eigenvalue weighted by Gasteiger charge is 2.12. The van der Waals surface area contributed by atoms with Gasteiger partial charge in [-0.3, -0.25) is 0 Å². The molecule has 0 aliphatic heterocycles. The fourth-order valence-corrected chi connectivity index (χ4v) is 3.64. The zero-order chi connectivity index (χ0) is 25.0. The van der Waals surface area contributed by atoms with Crippen molar-refractivity contribution in [2.24, 2.45) is 0 Å². The molecule has 4 nitrogen and oxygen atoms in total. The monoisotopic (exact) mass is 482 g/mol. The molecule has 0 heterocycles. The third kappa shape index (κ3) is 7.81. The zero-order valence-corrected chi connectivity index (χ0v) is 20.3. The first-order valence-corrected chi connectivity index (χ1v) is 12.2. The number of benzene rings is 3. The lowest BCUT2D eigenvalue weighted by Crippen LogP contribution is -2.08. The summed E-state index contributed by atoms with van der Waals surface area (Å²) in [5.74, 6) is -1.22. The van der Waals surface area contributed by atoms with E-state index in [1.54, 1.807) is 43.3 Å². The minimum atomic E-state index is -0.621. The van der Waals surface area contributed by atoms with Crippen molar-refractivity contribution in [1.29, 1.82) is 0 Å². The van der Waals surface area contributed by atoms with Crippen LogP contribution < -0.4 is 14.2 Å². The Balaban J connectivity index is 1.55. The van der Waals surface area contributed by atoms with Crippen molar-refractivity contribution in [2.45, 2.75) is 52.4 Å². The van der Waals surface area contributed by atoms with Crippen molar-refractivity contribution in [3.63, 3.8) is 0 Å². The van der Waals surface area contributed by atoms with Gasteiger partial charge in [-0.05, 0) is 60.9 Å². The van der Waals surface area contributed by atoms with Gasteiger partial charge in [0.25, 0.3) is 0 Å². The van der Waals surface area contributed by atoms with E-state index >= 15 is 0 Å². The van der Waals surface area contributed by atoms with Gasteiger partial charge in [0.05, 0.1) is 18.8 Å². The van der Waals surface area contributed by atoms with Crippen LogP contribution in [0.15, 0.2) is 60.7 Å². The quantitative estimate of drug-likeness (QED) is 0.141. The van der Waals surface area contributed by atoms with Gasteiger partial charge >= 0.3 is 5.97 Å². The molecule has 0 saturated carbocycles. The van der Waals surface area contributed by atoms with E-state index in [1.807, 2.05) is 0 Å². The van der Waals surface area contributed by atoms with E-state index in [0.29, 0.717) is 24.3 Å². The SMILES string of the molecule is CCCCCCCCOc1ccc(-c2ccc(C(=O)Oc3ccc(OCC)c(F)c3)cc2)cc1F. The minimum Gasteiger partial charge on any atom is -0.491 e. The molecular weight excluding hydrogens is 450 g/mol. The fourth-order valence-electron chi connectivity index (χ4n) is 3.64. The largest absolute Gasteiger partial charge is 0.491 e. The highest BCUT2D eigenvalue weighted by molar-refractivity contribution is 5.91. The molecule has 0 aliphatic rings. The number of carbonyl (C=O) groups is 1. The van der Waals surface area contributed by atoms with Gasteiger partial charge in [-0.1, -0.05) is 57.2 Å². The second-order valence-corrected chi connectivity index (χ2v) is 8.25. The summed E-state index contributed by atoms with van der Waals surface area (Å²) in [4.78, 5) is 12.4. The van der Waals surface area contributed by atoms with Crippen LogP contribution >= 0.6 is 0 Å².